The van der Waals surface area contributed by atoms with E-state index < -0.39 is 36.8 Å². The third-order valence-electron chi connectivity index (χ3n) is 5.75. The van der Waals surface area contributed by atoms with Gasteiger partial charge in [-0.1, -0.05) is 51.1 Å². The van der Waals surface area contributed by atoms with Gasteiger partial charge in [0.25, 0.3) is 0 Å². The lowest BCUT2D eigenvalue weighted by molar-refractivity contribution is -0.153. The average molecular weight is 500 g/mol. The summed E-state index contributed by atoms with van der Waals surface area (Å²) in [5, 5.41) is 1.62. The number of hydrogen-bond acceptors (Lipinski definition) is 5. The molecule has 5 nitrogen and oxygen atoms in total. The lowest BCUT2D eigenvalue weighted by atomic mass is 9.77. The molecule has 0 spiro atoms. The van der Waals surface area contributed by atoms with E-state index >= 15 is 0 Å². The van der Waals surface area contributed by atoms with Gasteiger partial charge in [-0.15, -0.1) is 0 Å². The highest BCUT2D eigenvalue weighted by Crippen LogP contribution is 2.79. The van der Waals surface area contributed by atoms with Crippen LogP contribution in [0, 0.1) is 5.41 Å². The number of allylic oxidation sites excluding steroid dienone is 1. The van der Waals surface area contributed by atoms with Crippen molar-refractivity contribution in [3.8, 4) is 0 Å². The highest BCUT2D eigenvalue weighted by molar-refractivity contribution is 7.66. The first-order valence-electron chi connectivity index (χ1n) is 12.3. The molecule has 1 unspecified atom stereocenters. The van der Waals surface area contributed by atoms with Crippen LogP contribution in [0.15, 0.2) is 52.6 Å². The molecule has 0 aliphatic carbocycles. The second kappa shape index (κ2) is 8.56. The molecule has 3 rings (SSSR count). The standard InChI is InChI=1S/C29H42NO4P/c1-25(2,3)20-18-29(19-16-14-13-15-17-19)21(23(31)33-27(7,8)9)22(24(32)34-28(10,11)12)35(20)30(29)26(4,5)6/h13-18H,1-12H3/t29-,35?/m1/s1. The minimum absolute atomic E-state index is 0.210. The Balaban J connectivity index is 2.45. The monoisotopic (exact) mass is 499 g/mol. The van der Waals surface area contributed by atoms with Crippen molar-refractivity contribution in [2.75, 3.05) is 0 Å². The van der Waals surface area contributed by atoms with Crippen LogP contribution in [0.1, 0.15) is 88.6 Å². The largest absolute Gasteiger partial charge is 0.457 e. The molecule has 2 aliphatic rings. The number of hydrogen-bond donors (Lipinski definition) is 0. The summed E-state index contributed by atoms with van der Waals surface area (Å²) < 4.78 is 14.3. The van der Waals surface area contributed by atoms with Crippen molar-refractivity contribution in [3.05, 3.63) is 58.2 Å². The second-order valence-electron chi connectivity index (χ2n) is 13.4. The summed E-state index contributed by atoms with van der Waals surface area (Å²) in [7, 11) is -1.31. The number of carbonyl (C=O) groups excluding carboxylic acids is 2. The number of fused-ring (bicyclic) bond motifs is 2. The van der Waals surface area contributed by atoms with E-state index in [1.54, 1.807) is 0 Å². The van der Waals surface area contributed by atoms with Crippen LogP contribution in [0.4, 0.5) is 0 Å². The first-order valence-corrected chi connectivity index (χ1v) is 13.6. The van der Waals surface area contributed by atoms with Gasteiger partial charge in [-0.2, -0.15) is 0 Å². The van der Waals surface area contributed by atoms with Crippen molar-refractivity contribution in [2.45, 2.75) is 105 Å². The van der Waals surface area contributed by atoms with Crippen LogP contribution in [0.5, 0.6) is 0 Å². The molecule has 0 saturated carbocycles. The molecule has 2 bridgehead atoms. The van der Waals surface area contributed by atoms with Gasteiger partial charge in [0.2, 0.25) is 0 Å². The highest BCUT2D eigenvalue weighted by atomic mass is 31.1. The zero-order valence-corrected chi connectivity index (χ0v) is 24.4. The van der Waals surface area contributed by atoms with Gasteiger partial charge in [0, 0.05) is 13.6 Å². The Kier molecular flexibility index (Phi) is 6.75. The Hall–Kier alpha value is -1.97. The van der Waals surface area contributed by atoms with E-state index in [4.69, 9.17) is 9.47 Å². The van der Waals surface area contributed by atoms with E-state index in [1.165, 1.54) is 5.31 Å². The van der Waals surface area contributed by atoms with E-state index in [-0.39, 0.29) is 11.0 Å². The average Bonchev–Trinajstić information content (AvgIpc) is 3.16. The van der Waals surface area contributed by atoms with E-state index in [0.717, 1.165) is 5.56 Å². The normalized spacial score (nSPS) is 23.4. The van der Waals surface area contributed by atoms with Crippen molar-refractivity contribution in [1.29, 1.82) is 0 Å². The molecule has 2 aliphatic heterocycles. The molecule has 1 aromatic rings. The summed E-state index contributed by atoms with van der Waals surface area (Å²) in [4.78, 5) is 27.9. The van der Waals surface area contributed by atoms with Crippen LogP contribution in [-0.4, -0.2) is 33.4 Å². The maximum Gasteiger partial charge on any atom is 0.341 e. The minimum Gasteiger partial charge on any atom is -0.457 e. The summed E-state index contributed by atoms with van der Waals surface area (Å²) in [5.74, 6) is -0.906. The summed E-state index contributed by atoms with van der Waals surface area (Å²) in [6.45, 7) is 24.1. The number of rotatable bonds is 3. The lowest BCUT2D eigenvalue weighted by Gasteiger charge is -2.45. The van der Waals surface area contributed by atoms with Crippen molar-refractivity contribution in [2.24, 2.45) is 5.41 Å². The maximum absolute atomic E-state index is 14.0. The predicted octanol–water partition coefficient (Wildman–Crippen LogP) is 7.27. The molecular weight excluding hydrogens is 457 g/mol. The van der Waals surface area contributed by atoms with Crippen molar-refractivity contribution in [3.63, 3.8) is 0 Å². The molecule has 0 aromatic heterocycles. The van der Waals surface area contributed by atoms with Crippen molar-refractivity contribution in [1.82, 2.24) is 4.67 Å². The minimum atomic E-state index is -1.31. The van der Waals surface area contributed by atoms with E-state index in [2.05, 4.69) is 52.3 Å². The molecule has 1 aromatic carbocycles. The Morgan fingerprint density at radius 2 is 1.26 bits per heavy atom. The van der Waals surface area contributed by atoms with Crippen LogP contribution in [-0.2, 0) is 24.6 Å². The zero-order valence-electron chi connectivity index (χ0n) is 23.5. The molecule has 0 amide bonds. The molecule has 2 heterocycles. The number of ether oxygens (including phenoxy) is 2. The van der Waals surface area contributed by atoms with Gasteiger partial charge in [0.05, 0.1) is 10.9 Å². The Morgan fingerprint density at radius 3 is 1.69 bits per heavy atom. The third kappa shape index (κ3) is 5.13. The molecule has 35 heavy (non-hydrogen) atoms. The van der Waals surface area contributed by atoms with Crippen LogP contribution in [0.25, 0.3) is 0 Å². The number of benzene rings is 1. The van der Waals surface area contributed by atoms with Crippen LogP contribution >= 0.6 is 8.07 Å². The van der Waals surface area contributed by atoms with Crippen LogP contribution in [0.3, 0.4) is 0 Å². The third-order valence-corrected chi connectivity index (χ3v) is 9.15. The smallest absolute Gasteiger partial charge is 0.341 e. The molecule has 192 valence electrons. The van der Waals surface area contributed by atoms with Gasteiger partial charge < -0.3 is 9.47 Å². The van der Waals surface area contributed by atoms with Gasteiger partial charge in [-0.3, -0.25) is 4.67 Å². The second-order valence-corrected chi connectivity index (χ2v) is 15.4. The maximum atomic E-state index is 14.0. The molecule has 0 radical (unpaired) electrons. The lowest BCUT2D eigenvalue weighted by Crippen LogP contribution is -2.49. The summed E-state index contributed by atoms with van der Waals surface area (Å²) in [6, 6.07) is 10.0. The van der Waals surface area contributed by atoms with Crippen molar-refractivity contribution < 1.29 is 19.1 Å². The molecule has 0 saturated heterocycles. The zero-order chi connectivity index (χ0) is 26.8. The van der Waals surface area contributed by atoms with Gasteiger partial charge >= 0.3 is 11.9 Å². The van der Waals surface area contributed by atoms with E-state index in [1.807, 2.05) is 71.9 Å². The highest BCUT2D eigenvalue weighted by Gasteiger charge is 2.66. The fourth-order valence-corrected chi connectivity index (χ4v) is 8.25. The van der Waals surface area contributed by atoms with Crippen molar-refractivity contribution >= 4 is 20.0 Å². The summed E-state index contributed by atoms with van der Waals surface area (Å²) in [5.41, 5.74) is -1.57. The first-order chi connectivity index (χ1) is 15.7. The van der Waals surface area contributed by atoms with Gasteiger partial charge in [0.15, 0.2) is 0 Å². The van der Waals surface area contributed by atoms with E-state index in [9.17, 15) is 9.59 Å². The van der Waals surface area contributed by atoms with Crippen LogP contribution in [0.2, 0.25) is 0 Å². The van der Waals surface area contributed by atoms with Gasteiger partial charge in [-0.25, -0.2) is 9.59 Å². The molecular formula is C29H42NO4P. The SMILES string of the molecule is CC(C)(C)OC(=O)C1=C(C(=O)OC(C)(C)C)[C@]2(c3ccccc3)C=C(C(C)(C)C)P1N2C(C)(C)C. The number of carbonyl (C=O) groups is 2. The molecule has 2 atom stereocenters. The Labute approximate surface area is 212 Å². The molecule has 0 fully saturated rings. The summed E-state index contributed by atoms with van der Waals surface area (Å²) in [6.07, 6.45) is 2.23. The predicted molar refractivity (Wildman–Crippen MR) is 143 cm³/mol. The van der Waals surface area contributed by atoms with Gasteiger partial charge in [0.1, 0.15) is 16.7 Å². The molecule has 6 heteroatoms. The fourth-order valence-electron chi connectivity index (χ4n) is 4.77. The Bertz CT molecular complexity index is 1070. The van der Waals surface area contributed by atoms with E-state index in [0.29, 0.717) is 10.9 Å². The fraction of sp³-hybridized carbons (Fsp3) is 0.586. The first kappa shape index (κ1) is 27.6. The topological polar surface area (TPSA) is 55.8 Å². The quantitative estimate of drug-likeness (QED) is 0.323. The van der Waals surface area contributed by atoms with Crippen LogP contribution < -0.4 is 0 Å². The summed E-state index contributed by atoms with van der Waals surface area (Å²) >= 11 is 0. The molecule has 0 N–H and O–H groups in total. The Morgan fingerprint density at radius 1 is 0.771 bits per heavy atom. The number of nitrogens with zero attached hydrogens (tertiary/aromatic N) is 1. The number of esters is 2. The van der Waals surface area contributed by atoms with Gasteiger partial charge in [-0.05, 0) is 84.7 Å².